The van der Waals surface area contributed by atoms with Gasteiger partial charge < -0.3 is 15.5 Å². The molecule has 0 bridgehead atoms. The summed E-state index contributed by atoms with van der Waals surface area (Å²) in [5.74, 6) is 0.710. The summed E-state index contributed by atoms with van der Waals surface area (Å²) in [7, 11) is 0. The molecular formula is C21H26N6O2. The third-order valence-corrected chi connectivity index (χ3v) is 5.51. The summed E-state index contributed by atoms with van der Waals surface area (Å²) >= 11 is 0. The van der Waals surface area contributed by atoms with Crippen LogP contribution < -0.4 is 10.6 Å². The Morgan fingerprint density at radius 3 is 2.72 bits per heavy atom. The van der Waals surface area contributed by atoms with Crippen molar-refractivity contribution in [2.75, 3.05) is 25.0 Å². The van der Waals surface area contributed by atoms with Crippen molar-refractivity contribution in [2.45, 2.75) is 39.2 Å². The molecule has 8 nitrogen and oxygen atoms in total. The monoisotopic (exact) mass is 394 g/mol. The molecule has 0 saturated carbocycles. The Kier molecular flexibility index (Phi) is 5.59. The number of rotatable bonds is 6. The molecule has 2 amide bonds. The first-order chi connectivity index (χ1) is 14.1. The van der Waals surface area contributed by atoms with Gasteiger partial charge in [0, 0.05) is 55.8 Å². The average molecular weight is 394 g/mol. The van der Waals surface area contributed by atoms with Gasteiger partial charge in [-0.3, -0.25) is 14.6 Å². The van der Waals surface area contributed by atoms with E-state index in [1.165, 1.54) is 5.56 Å². The second-order valence-corrected chi connectivity index (χ2v) is 7.50. The number of likely N-dealkylation sites (tertiary alicyclic amines) is 1. The standard InChI is InChI=1S/C21H26N6O2/c1-15-18-12-17(21(29)24-14-19(28)26-9-2-3-10-26)13-23-20(18)27(25-15)11-6-16-4-7-22-8-5-16/h4-5,7-8,13,23H,2-3,6,9-12,14H2,1H3,(H,24,29). The van der Waals surface area contributed by atoms with Crippen LogP contribution in [0.3, 0.4) is 0 Å². The smallest absolute Gasteiger partial charge is 0.249 e. The molecule has 0 aromatic carbocycles. The fraction of sp³-hybridized carbons (Fsp3) is 0.429. The van der Waals surface area contributed by atoms with E-state index in [9.17, 15) is 9.59 Å². The molecule has 0 aliphatic carbocycles. The van der Waals surface area contributed by atoms with Crippen molar-refractivity contribution >= 4 is 17.6 Å². The first kappa shape index (κ1) is 19.2. The van der Waals surface area contributed by atoms with Gasteiger partial charge >= 0.3 is 0 Å². The second-order valence-electron chi connectivity index (χ2n) is 7.50. The van der Waals surface area contributed by atoms with E-state index >= 15 is 0 Å². The minimum absolute atomic E-state index is 0.0129. The summed E-state index contributed by atoms with van der Waals surface area (Å²) < 4.78 is 1.95. The molecule has 0 atom stereocenters. The molecule has 2 aliphatic rings. The number of carbonyl (C=O) groups is 2. The van der Waals surface area contributed by atoms with Crippen molar-refractivity contribution in [1.29, 1.82) is 0 Å². The lowest BCUT2D eigenvalue weighted by Crippen LogP contribution is -2.39. The van der Waals surface area contributed by atoms with Crippen molar-refractivity contribution in [2.24, 2.45) is 0 Å². The summed E-state index contributed by atoms with van der Waals surface area (Å²) in [6.45, 7) is 4.33. The Balaban J connectivity index is 1.36. The molecule has 2 aliphatic heterocycles. The number of nitrogens with one attached hydrogen (secondary N) is 2. The molecule has 152 valence electrons. The van der Waals surface area contributed by atoms with Crippen molar-refractivity contribution in [1.82, 2.24) is 25.0 Å². The van der Waals surface area contributed by atoms with Gasteiger partial charge in [-0.05, 0) is 43.9 Å². The Morgan fingerprint density at radius 2 is 1.97 bits per heavy atom. The lowest BCUT2D eigenvalue weighted by molar-refractivity contribution is -0.131. The summed E-state index contributed by atoms with van der Waals surface area (Å²) in [6.07, 6.45) is 8.76. The largest absolute Gasteiger partial charge is 0.346 e. The zero-order valence-corrected chi connectivity index (χ0v) is 16.6. The van der Waals surface area contributed by atoms with E-state index in [2.05, 4.69) is 20.7 Å². The molecule has 0 spiro atoms. The van der Waals surface area contributed by atoms with E-state index in [1.54, 1.807) is 18.6 Å². The van der Waals surface area contributed by atoms with Gasteiger partial charge in [-0.25, -0.2) is 4.68 Å². The maximum atomic E-state index is 12.5. The molecule has 2 aromatic rings. The Bertz CT molecular complexity index is 928. The normalized spacial score (nSPS) is 15.5. The van der Waals surface area contributed by atoms with Gasteiger partial charge in [0.2, 0.25) is 11.8 Å². The van der Waals surface area contributed by atoms with Gasteiger partial charge in [-0.1, -0.05) is 0 Å². The number of anilines is 1. The zero-order valence-electron chi connectivity index (χ0n) is 16.6. The van der Waals surface area contributed by atoms with Crippen LogP contribution in [0.4, 0.5) is 5.82 Å². The number of aryl methyl sites for hydroxylation is 3. The van der Waals surface area contributed by atoms with Crippen LogP contribution in [0, 0.1) is 6.92 Å². The highest BCUT2D eigenvalue weighted by atomic mass is 16.2. The molecule has 2 aromatic heterocycles. The van der Waals surface area contributed by atoms with Crippen LogP contribution in [0.5, 0.6) is 0 Å². The first-order valence-electron chi connectivity index (χ1n) is 10.1. The minimum atomic E-state index is -0.209. The van der Waals surface area contributed by atoms with Crippen LogP contribution in [-0.4, -0.2) is 51.1 Å². The van der Waals surface area contributed by atoms with Gasteiger partial charge in [-0.2, -0.15) is 5.10 Å². The van der Waals surface area contributed by atoms with E-state index in [1.807, 2.05) is 28.6 Å². The molecule has 2 N–H and O–H groups in total. The molecule has 4 heterocycles. The summed E-state index contributed by atoms with van der Waals surface area (Å²) in [6, 6.07) is 4.00. The number of fused-ring (bicyclic) bond motifs is 1. The van der Waals surface area contributed by atoms with Gasteiger partial charge in [0.15, 0.2) is 0 Å². The second kappa shape index (κ2) is 8.46. The van der Waals surface area contributed by atoms with Crippen molar-refractivity contribution in [3.05, 3.63) is 53.1 Å². The molecule has 0 unspecified atom stereocenters. The third-order valence-electron chi connectivity index (χ3n) is 5.51. The SMILES string of the molecule is Cc1nn(CCc2ccncc2)c2c1CC(C(=O)NCC(=O)N1CCCC1)=CN2. The van der Waals surface area contributed by atoms with Crippen LogP contribution in [0.2, 0.25) is 0 Å². The molecule has 4 rings (SSSR count). The Morgan fingerprint density at radius 1 is 1.21 bits per heavy atom. The highest BCUT2D eigenvalue weighted by Gasteiger charge is 2.24. The molecular weight excluding hydrogens is 368 g/mol. The van der Waals surface area contributed by atoms with E-state index in [4.69, 9.17) is 0 Å². The number of aromatic nitrogens is 3. The fourth-order valence-corrected chi connectivity index (χ4v) is 3.83. The van der Waals surface area contributed by atoms with Crippen molar-refractivity contribution in [3.63, 3.8) is 0 Å². The lowest BCUT2D eigenvalue weighted by atomic mass is 10.0. The van der Waals surface area contributed by atoms with Gasteiger partial charge in [-0.15, -0.1) is 0 Å². The number of hydrogen-bond acceptors (Lipinski definition) is 5. The Hall–Kier alpha value is -3.16. The molecule has 29 heavy (non-hydrogen) atoms. The van der Waals surface area contributed by atoms with Crippen LogP contribution in [-0.2, 0) is 29.0 Å². The predicted molar refractivity (Wildman–Crippen MR) is 109 cm³/mol. The first-order valence-corrected chi connectivity index (χ1v) is 10.1. The van der Waals surface area contributed by atoms with E-state index in [0.29, 0.717) is 12.0 Å². The molecule has 0 radical (unpaired) electrons. The highest BCUT2D eigenvalue weighted by molar-refractivity contribution is 5.97. The highest BCUT2D eigenvalue weighted by Crippen LogP contribution is 2.27. The minimum Gasteiger partial charge on any atom is -0.346 e. The van der Waals surface area contributed by atoms with E-state index in [-0.39, 0.29) is 18.4 Å². The number of carbonyl (C=O) groups excluding carboxylic acids is 2. The summed E-state index contributed by atoms with van der Waals surface area (Å²) in [4.78, 5) is 30.5. The lowest BCUT2D eigenvalue weighted by Gasteiger charge is -2.18. The number of hydrogen-bond donors (Lipinski definition) is 2. The maximum Gasteiger partial charge on any atom is 0.249 e. The molecule has 8 heteroatoms. The van der Waals surface area contributed by atoms with Gasteiger partial charge in [0.1, 0.15) is 5.82 Å². The van der Waals surface area contributed by atoms with Gasteiger partial charge in [0.05, 0.1) is 12.2 Å². The fourth-order valence-electron chi connectivity index (χ4n) is 3.83. The van der Waals surface area contributed by atoms with Crippen LogP contribution >= 0.6 is 0 Å². The number of amides is 2. The topological polar surface area (TPSA) is 92.1 Å². The third kappa shape index (κ3) is 4.31. The summed E-state index contributed by atoms with van der Waals surface area (Å²) in [5.41, 5.74) is 3.76. The Labute approximate surface area is 170 Å². The molecule has 1 saturated heterocycles. The molecule has 1 fully saturated rings. The van der Waals surface area contributed by atoms with Crippen LogP contribution in [0.25, 0.3) is 0 Å². The van der Waals surface area contributed by atoms with Crippen LogP contribution in [0.15, 0.2) is 36.3 Å². The quantitative estimate of drug-likeness (QED) is 0.773. The predicted octanol–water partition coefficient (Wildman–Crippen LogP) is 1.42. The van der Waals surface area contributed by atoms with E-state index in [0.717, 1.165) is 56.0 Å². The van der Waals surface area contributed by atoms with Crippen molar-refractivity contribution < 1.29 is 9.59 Å². The number of nitrogens with zero attached hydrogens (tertiary/aromatic N) is 4. The van der Waals surface area contributed by atoms with Crippen LogP contribution in [0.1, 0.15) is 29.7 Å². The average Bonchev–Trinajstić information content (AvgIpc) is 3.39. The van der Waals surface area contributed by atoms with Gasteiger partial charge in [0.25, 0.3) is 0 Å². The zero-order chi connectivity index (χ0) is 20.2. The maximum absolute atomic E-state index is 12.5. The summed E-state index contributed by atoms with van der Waals surface area (Å²) in [5, 5.41) is 10.6. The van der Waals surface area contributed by atoms with Crippen molar-refractivity contribution in [3.8, 4) is 0 Å². The van der Waals surface area contributed by atoms with E-state index < -0.39 is 0 Å². The number of pyridine rings is 1.